The Morgan fingerprint density at radius 3 is 2.41 bits per heavy atom. The molecule has 0 saturated carbocycles. The molecule has 2 nitrogen and oxygen atoms in total. The number of rotatable bonds is 6. The number of nitrogens with one attached hydrogen (secondary N) is 1. The van der Waals surface area contributed by atoms with Gasteiger partial charge in [0.1, 0.15) is 0 Å². The van der Waals surface area contributed by atoms with E-state index in [0.29, 0.717) is 11.5 Å². The second kappa shape index (κ2) is 6.67. The van der Waals surface area contributed by atoms with Crippen LogP contribution in [0.1, 0.15) is 37.4 Å². The fraction of sp³-hybridized carbons (Fsp3) is 0.538. The van der Waals surface area contributed by atoms with E-state index in [1.54, 1.807) is 12.1 Å². The third kappa shape index (κ3) is 4.40. The molecule has 0 amide bonds. The highest BCUT2D eigenvalue weighted by molar-refractivity contribution is 5.26. The average molecular weight is 243 g/mol. The number of aliphatic hydroxyl groups is 1. The molecule has 0 radical (unpaired) electrons. The van der Waals surface area contributed by atoms with E-state index >= 15 is 0 Å². The van der Waals surface area contributed by atoms with Gasteiger partial charge in [0.2, 0.25) is 0 Å². The van der Waals surface area contributed by atoms with Crippen molar-refractivity contribution in [3.05, 3.63) is 35.4 Å². The lowest BCUT2D eigenvalue weighted by molar-refractivity contribution is 0.151. The van der Waals surface area contributed by atoms with Gasteiger partial charge >= 0.3 is 0 Å². The van der Waals surface area contributed by atoms with Gasteiger partial charge in [-0.3, -0.25) is 0 Å². The van der Waals surface area contributed by atoms with Crippen molar-refractivity contribution in [2.45, 2.75) is 26.3 Å². The summed E-state index contributed by atoms with van der Waals surface area (Å²) in [5.74, 6) is 0.447. The third-order valence-corrected chi connectivity index (χ3v) is 2.52. The Labute approximate surface area is 101 Å². The van der Waals surface area contributed by atoms with Gasteiger partial charge in [0, 0.05) is 5.56 Å². The molecule has 1 aromatic rings. The van der Waals surface area contributed by atoms with Crippen molar-refractivity contribution < 1.29 is 13.9 Å². The molecular formula is C13H19F2NO. The molecule has 0 aliphatic carbocycles. The molecule has 0 aromatic heterocycles. The molecule has 0 fully saturated rings. The zero-order chi connectivity index (χ0) is 12.8. The minimum Gasteiger partial charge on any atom is -0.394 e. The minimum absolute atomic E-state index is 0.00713. The van der Waals surface area contributed by atoms with Crippen molar-refractivity contribution >= 4 is 0 Å². The maximum absolute atomic E-state index is 12.5. The summed E-state index contributed by atoms with van der Waals surface area (Å²) in [7, 11) is 0. The number of alkyl halides is 2. The van der Waals surface area contributed by atoms with E-state index in [9.17, 15) is 13.9 Å². The summed E-state index contributed by atoms with van der Waals surface area (Å²) in [6, 6.07) is 5.90. The smallest absolute Gasteiger partial charge is 0.263 e. The molecule has 2 N–H and O–H groups in total. The first kappa shape index (κ1) is 14.1. The Kier molecular flexibility index (Phi) is 5.51. The predicted octanol–water partition coefficient (Wildman–Crippen LogP) is 2.90. The Balaban J connectivity index is 2.77. The first-order chi connectivity index (χ1) is 8.04. The van der Waals surface area contributed by atoms with Gasteiger partial charge in [-0.15, -0.1) is 0 Å². The van der Waals surface area contributed by atoms with E-state index in [1.807, 2.05) is 0 Å². The molecule has 1 rings (SSSR count). The molecule has 0 aliphatic rings. The van der Waals surface area contributed by atoms with Crippen molar-refractivity contribution in [1.82, 2.24) is 5.32 Å². The van der Waals surface area contributed by atoms with Gasteiger partial charge in [0.05, 0.1) is 12.6 Å². The van der Waals surface area contributed by atoms with Crippen molar-refractivity contribution in [2.24, 2.45) is 5.92 Å². The summed E-state index contributed by atoms with van der Waals surface area (Å²) in [6.07, 6.45) is -2.47. The van der Waals surface area contributed by atoms with Crippen molar-refractivity contribution in [2.75, 3.05) is 13.2 Å². The van der Waals surface area contributed by atoms with Gasteiger partial charge in [-0.25, -0.2) is 8.78 Å². The van der Waals surface area contributed by atoms with Crippen LogP contribution in [0.15, 0.2) is 24.3 Å². The number of aliphatic hydroxyl groups excluding tert-OH is 1. The first-order valence-corrected chi connectivity index (χ1v) is 5.76. The van der Waals surface area contributed by atoms with Crippen molar-refractivity contribution in [1.29, 1.82) is 0 Å². The molecule has 0 aliphatic heterocycles. The summed E-state index contributed by atoms with van der Waals surface area (Å²) in [4.78, 5) is 0. The maximum atomic E-state index is 12.5. The highest BCUT2D eigenvalue weighted by atomic mass is 19.3. The van der Waals surface area contributed by atoms with E-state index in [0.717, 1.165) is 6.54 Å². The van der Waals surface area contributed by atoms with Crippen molar-refractivity contribution in [3.8, 4) is 0 Å². The maximum Gasteiger partial charge on any atom is 0.263 e. The van der Waals surface area contributed by atoms with Crippen LogP contribution in [-0.2, 0) is 0 Å². The van der Waals surface area contributed by atoms with Crippen LogP contribution in [0.4, 0.5) is 8.78 Å². The molecule has 0 bridgehead atoms. The SMILES string of the molecule is CC(C)CNC(CO)c1cccc(C(F)F)c1. The van der Waals surface area contributed by atoms with Gasteiger partial charge < -0.3 is 10.4 Å². The van der Waals surface area contributed by atoms with Crippen LogP contribution in [0.25, 0.3) is 0 Å². The number of hydrogen-bond acceptors (Lipinski definition) is 2. The molecule has 0 heterocycles. The quantitative estimate of drug-likeness (QED) is 0.805. The van der Waals surface area contributed by atoms with Gasteiger partial charge in [0.25, 0.3) is 6.43 Å². The Bertz CT molecular complexity index is 342. The molecule has 4 heteroatoms. The van der Waals surface area contributed by atoms with Gasteiger partial charge in [-0.1, -0.05) is 32.0 Å². The molecule has 1 aromatic carbocycles. The second-order valence-corrected chi connectivity index (χ2v) is 4.51. The van der Waals surface area contributed by atoms with Crippen LogP contribution in [0.3, 0.4) is 0 Å². The van der Waals surface area contributed by atoms with Crippen LogP contribution in [-0.4, -0.2) is 18.3 Å². The number of hydrogen-bond donors (Lipinski definition) is 2. The third-order valence-electron chi connectivity index (χ3n) is 2.52. The summed E-state index contributed by atoms with van der Waals surface area (Å²) in [6.45, 7) is 4.75. The molecule has 96 valence electrons. The van der Waals surface area contributed by atoms with Crippen LogP contribution in [0.5, 0.6) is 0 Å². The zero-order valence-corrected chi connectivity index (χ0v) is 10.2. The van der Waals surface area contributed by atoms with Crippen molar-refractivity contribution in [3.63, 3.8) is 0 Å². The Morgan fingerprint density at radius 1 is 1.24 bits per heavy atom. The fourth-order valence-electron chi connectivity index (χ4n) is 1.58. The summed E-state index contributed by atoms with van der Waals surface area (Å²) in [5.41, 5.74) is 0.693. The predicted molar refractivity (Wildman–Crippen MR) is 64.1 cm³/mol. The number of halogens is 2. The average Bonchev–Trinajstić information content (AvgIpc) is 2.30. The normalized spacial score (nSPS) is 13.4. The first-order valence-electron chi connectivity index (χ1n) is 5.76. The summed E-state index contributed by atoms with van der Waals surface area (Å²) in [5, 5.41) is 12.4. The van der Waals surface area contributed by atoms with E-state index < -0.39 is 6.43 Å². The highest BCUT2D eigenvalue weighted by Gasteiger charge is 2.13. The lowest BCUT2D eigenvalue weighted by Crippen LogP contribution is -2.28. The lowest BCUT2D eigenvalue weighted by atomic mass is 10.0. The highest BCUT2D eigenvalue weighted by Crippen LogP contribution is 2.22. The molecule has 17 heavy (non-hydrogen) atoms. The molecule has 1 atom stereocenters. The lowest BCUT2D eigenvalue weighted by Gasteiger charge is -2.18. The van der Waals surface area contributed by atoms with Crippen LogP contribution >= 0.6 is 0 Å². The van der Waals surface area contributed by atoms with E-state index in [2.05, 4.69) is 19.2 Å². The molecular weight excluding hydrogens is 224 g/mol. The summed E-state index contributed by atoms with van der Waals surface area (Å²) < 4.78 is 25.1. The number of benzene rings is 1. The van der Waals surface area contributed by atoms with Crippen LogP contribution in [0, 0.1) is 5.92 Å². The largest absolute Gasteiger partial charge is 0.394 e. The summed E-state index contributed by atoms with van der Waals surface area (Å²) >= 11 is 0. The molecule has 1 unspecified atom stereocenters. The van der Waals surface area contributed by atoms with E-state index in [4.69, 9.17) is 0 Å². The van der Waals surface area contributed by atoms with Gasteiger partial charge in [-0.05, 0) is 24.1 Å². The fourth-order valence-corrected chi connectivity index (χ4v) is 1.58. The molecule has 0 saturated heterocycles. The Hall–Kier alpha value is -1.00. The van der Waals surface area contributed by atoms with Crippen LogP contribution in [0.2, 0.25) is 0 Å². The van der Waals surface area contributed by atoms with Gasteiger partial charge in [-0.2, -0.15) is 0 Å². The van der Waals surface area contributed by atoms with E-state index in [-0.39, 0.29) is 18.2 Å². The molecule has 0 spiro atoms. The standard InChI is InChI=1S/C13H19F2NO/c1-9(2)7-16-12(8-17)10-4-3-5-11(6-10)13(14)15/h3-6,9,12-13,16-17H,7-8H2,1-2H3. The minimum atomic E-state index is -2.47. The monoisotopic (exact) mass is 243 g/mol. The topological polar surface area (TPSA) is 32.3 Å². The Morgan fingerprint density at radius 2 is 1.88 bits per heavy atom. The van der Waals surface area contributed by atoms with Crippen LogP contribution < -0.4 is 5.32 Å². The zero-order valence-electron chi connectivity index (χ0n) is 10.2. The van der Waals surface area contributed by atoms with E-state index in [1.165, 1.54) is 12.1 Å². The second-order valence-electron chi connectivity index (χ2n) is 4.51. The van der Waals surface area contributed by atoms with Gasteiger partial charge in [0.15, 0.2) is 0 Å².